The highest BCUT2D eigenvalue weighted by Crippen LogP contribution is 2.32. The number of methoxy groups -OCH3 is 1. The molecule has 0 aliphatic heterocycles. The quantitative estimate of drug-likeness (QED) is 0.259. The largest absolute Gasteiger partial charge is 0.495 e. The highest BCUT2D eigenvalue weighted by atomic mass is 35.5. The minimum absolute atomic E-state index is 0.0165. The molecule has 0 fully saturated rings. The number of rotatable bonds is 8. The van der Waals surface area contributed by atoms with E-state index in [1.807, 2.05) is 30.3 Å². The molecule has 194 valence electrons. The Morgan fingerprint density at radius 3 is 2.27 bits per heavy atom. The van der Waals surface area contributed by atoms with Gasteiger partial charge in [0.15, 0.2) is 0 Å². The molecule has 4 aromatic rings. The van der Waals surface area contributed by atoms with E-state index in [1.165, 1.54) is 16.7 Å². The van der Waals surface area contributed by atoms with Crippen molar-refractivity contribution in [3.8, 4) is 5.75 Å². The van der Waals surface area contributed by atoms with Crippen molar-refractivity contribution in [2.45, 2.75) is 65.6 Å². The molecule has 0 amide bonds. The smallest absolute Gasteiger partial charge is 0.252 e. The molecule has 0 aliphatic rings. The van der Waals surface area contributed by atoms with Gasteiger partial charge in [-0.15, -0.1) is 0 Å². The van der Waals surface area contributed by atoms with E-state index >= 15 is 0 Å². The molecule has 0 radical (unpaired) electrons. The first-order chi connectivity index (χ1) is 17.6. The number of fused-ring (bicyclic) bond motifs is 1. The predicted octanol–water partition coefficient (Wildman–Crippen LogP) is 7.81. The number of hydrogen-bond acceptors (Lipinski definition) is 3. The van der Waals surface area contributed by atoms with Gasteiger partial charge in [0.1, 0.15) is 5.75 Å². The Morgan fingerprint density at radius 2 is 1.65 bits per heavy atom. The fourth-order valence-electron chi connectivity index (χ4n) is 4.69. The molecule has 0 aliphatic carbocycles. The van der Waals surface area contributed by atoms with E-state index in [4.69, 9.17) is 16.3 Å². The van der Waals surface area contributed by atoms with E-state index in [2.05, 4.69) is 80.9 Å². The third kappa shape index (κ3) is 6.26. The van der Waals surface area contributed by atoms with E-state index in [1.54, 1.807) is 7.11 Å². The molecule has 3 aromatic carbocycles. The van der Waals surface area contributed by atoms with Gasteiger partial charge >= 0.3 is 0 Å². The van der Waals surface area contributed by atoms with Gasteiger partial charge in [0, 0.05) is 30.2 Å². The van der Waals surface area contributed by atoms with Crippen LogP contribution in [0.2, 0.25) is 5.02 Å². The lowest BCUT2D eigenvalue weighted by molar-refractivity contribution is 0.191. The second-order valence-electron chi connectivity index (χ2n) is 10.8. The normalized spacial score (nSPS) is 12.8. The summed E-state index contributed by atoms with van der Waals surface area (Å²) in [7, 11) is 1.62. The lowest BCUT2D eigenvalue weighted by Gasteiger charge is -2.30. The third-order valence-electron chi connectivity index (χ3n) is 7.18. The predicted molar refractivity (Wildman–Crippen MR) is 155 cm³/mol. The van der Waals surface area contributed by atoms with Gasteiger partial charge in [-0.05, 0) is 76.7 Å². The average molecular weight is 517 g/mol. The van der Waals surface area contributed by atoms with E-state index in [0.29, 0.717) is 23.9 Å². The molecule has 1 unspecified atom stereocenters. The van der Waals surface area contributed by atoms with Crippen molar-refractivity contribution in [1.29, 1.82) is 0 Å². The Kier molecular flexibility index (Phi) is 8.11. The van der Waals surface area contributed by atoms with Gasteiger partial charge < -0.3 is 9.72 Å². The zero-order chi connectivity index (χ0) is 26.7. The zero-order valence-electron chi connectivity index (χ0n) is 22.7. The lowest BCUT2D eigenvalue weighted by atomic mass is 9.86. The van der Waals surface area contributed by atoms with Crippen molar-refractivity contribution in [2.75, 3.05) is 7.11 Å². The molecule has 4 rings (SSSR count). The number of hydrogen-bond donors (Lipinski definition) is 1. The molecule has 0 spiro atoms. The van der Waals surface area contributed by atoms with Crippen molar-refractivity contribution >= 4 is 22.5 Å². The monoisotopic (exact) mass is 516 g/mol. The molecule has 1 N–H and O–H groups in total. The number of nitrogens with one attached hydrogen (secondary N) is 1. The minimum Gasteiger partial charge on any atom is -0.495 e. The Labute approximate surface area is 225 Å². The van der Waals surface area contributed by atoms with Crippen LogP contribution in [0, 0.1) is 0 Å². The maximum atomic E-state index is 13.1. The van der Waals surface area contributed by atoms with Crippen molar-refractivity contribution in [3.05, 3.63) is 110 Å². The van der Waals surface area contributed by atoms with E-state index in [9.17, 15) is 4.79 Å². The van der Waals surface area contributed by atoms with Crippen LogP contribution in [-0.4, -0.2) is 17.0 Å². The summed E-state index contributed by atoms with van der Waals surface area (Å²) in [6.45, 7) is 12.2. The molecule has 37 heavy (non-hydrogen) atoms. The standard InChI is InChI=1S/C32H37ClN2O2/c1-7-22-10-14-29-25(16-22)17-26(31(36)34-29)20-35(19-23-8-12-27(13-9-23)32(3,4)5)21(2)24-11-15-30(37-6)28(33)18-24/h8-18,21H,7,19-20H2,1-6H3,(H,34,36). The first-order valence-electron chi connectivity index (χ1n) is 12.9. The molecule has 0 saturated heterocycles. The maximum absolute atomic E-state index is 13.1. The summed E-state index contributed by atoms with van der Waals surface area (Å²) in [4.78, 5) is 18.5. The Morgan fingerprint density at radius 1 is 0.946 bits per heavy atom. The molecule has 1 atom stereocenters. The second-order valence-corrected chi connectivity index (χ2v) is 11.2. The van der Waals surface area contributed by atoms with Crippen LogP contribution in [0.3, 0.4) is 0 Å². The Bertz CT molecular complexity index is 1430. The Hall–Kier alpha value is -3.08. The van der Waals surface area contributed by atoms with Gasteiger partial charge in [-0.25, -0.2) is 0 Å². The number of aromatic nitrogens is 1. The van der Waals surface area contributed by atoms with E-state index in [0.717, 1.165) is 28.5 Å². The molecule has 4 nitrogen and oxygen atoms in total. The summed E-state index contributed by atoms with van der Waals surface area (Å²) in [6.07, 6.45) is 0.955. The van der Waals surface area contributed by atoms with Gasteiger partial charge in [-0.3, -0.25) is 9.69 Å². The maximum Gasteiger partial charge on any atom is 0.252 e. The first-order valence-corrected chi connectivity index (χ1v) is 13.3. The van der Waals surface area contributed by atoms with Crippen molar-refractivity contribution < 1.29 is 4.74 Å². The van der Waals surface area contributed by atoms with Crippen LogP contribution in [0.5, 0.6) is 5.75 Å². The fraction of sp³-hybridized carbons (Fsp3) is 0.344. The third-order valence-corrected chi connectivity index (χ3v) is 7.47. The summed E-state index contributed by atoms with van der Waals surface area (Å²) in [5.74, 6) is 0.652. The highest BCUT2D eigenvalue weighted by Gasteiger charge is 2.20. The average Bonchev–Trinajstić information content (AvgIpc) is 2.87. The van der Waals surface area contributed by atoms with Crippen LogP contribution in [0.15, 0.2) is 71.5 Å². The van der Waals surface area contributed by atoms with Crippen LogP contribution < -0.4 is 10.3 Å². The lowest BCUT2D eigenvalue weighted by Crippen LogP contribution is -2.29. The first kappa shape index (κ1) is 27.0. The van der Waals surface area contributed by atoms with Gasteiger partial charge in [0.2, 0.25) is 0 Å². The molecule has 1 aromatic heterocycles. The van der Waals surface area contributed by atoms with Crippen LogP contribution >= 0.6 is 11.6 Å². The van der Waals surface area contributed by atoms with Gasteiger partial charge in [-0.1, -0.05) is 75.7 Å². The van der Waals surface area contributed by atoms with Gasteiger partial charge in [-0.2, -0.15) is 0 Å². The summed E-state index contributed by atoms with van der Waals surface area (Å²) in [5.41, 5.74) is 6.49. The summed E-state index contributed by atoms with van der Waals surface area (Å²) in [5, 5.41) is 1.64. The minimum atomic E-state index is -0.0511. The van der Waals surface area contributed by atoms with Crippen LogP contribution in [0.4, 0.5) is 0 Å². The molecule has 1 heterocycles. The van der Waals surface area contributed by atoms with Gasteiger partial charge in [0.25, 0.3) is 5.56 Å². The zero-order valence-corrected chi connectivity index (χ0v) is 23.4. The summed E-state index contributed by atoms with van der Waals surface area (Å²) in [6, 6.07) is 23.0. The molecular weight excluding hydrogens is 480 g/mol. The van der Waals surface area contributed by atoms with Crippen LogP contribution in [0.1, 0.15) is 68.5 Å². The number of halogens is 1. The number of benzene rings is 3. The van der Waals surface area contributed by atoms with E-state index < -0.39 is 0 Å². The molecular formula is C32H37ClN2O2. The molecule has 0 bridgehead atoms. The van der Waals surface area contributed by atoms with Crippen molar-refractivity contribution in [1.82, 2.24) is 9.88 Å². The number of H-pyrrole nitrogens is 1. The number of aromatic amines is 1. The van der Waals surface area contributed by atoms with Crippen LogP contribution in [0.25, 0.3) is 10.9 Å². The SMILES string of the molecule is CCc1ccc2[nH]c(=O)c(CN(Cc3ccc(C(C)(C)C)cc3)C(C)c3ccc(OC)c(Cl)c3)cc2c1. The highest BCUT2D eigenvalue weighted by molar-refractivity contribution is 6.32. The summed E-state index contributed by atoms with van der Waals surface area (Å²) < 4.78 is 5.35. The van der Waals surface area contributed by atoms with Crippen molar-refractivity contribution in [2.24, 2.45) is 0 Å². The number of pyridine rings is 1. The Balaban J connectivity index is 1.71. The fourth-order valence-corrected chi connectivity index (χ4v) is 4.95. The number of aryl methyl sites for hydroxylation is 1. The van der Waals surface area contributed by atoms with Crippen molar-refractivity contribution in [3.63, 3.8) is 0 Å². The van der Waals surface area contributed by atoms with Gasteiger partial charge in [0.05, 0.1) is 12.1 Å². The second kappa shape index (κ2) is 11.1. The molecule has 5 heteroatoms. The molecule has 0 saturated carbocycles. The summed E-state index contributed by atoms with van der Waals surface area (Å²) >= 11 is 6.48. The van der Waals surface area contributed by atoms with E-state index in [-0.39, 0.29) is 17.0 Å². The number of ether oxygens (including phenoxy) is 1. The number of nitrogens with zero attached hydrogens (tertiary/aromatic N) is 1. The topological polar surface area (TPSA) is 45.3 Å². The van der Waals surface area contributed by atoms with Crippen LogP contribution in [-0.2, 0) is 24.9 Å².